The van der Waals surface area contributed by atoms with Gasteiger partial charge in [-0.2, -0.15) is 0 Å². The van der Waals surface area contributed by atoms with Crippen LogP contribution in [0.1, 0.15) is 10.4 Å². The molecule has 2 N–H and O–H groups in total. The Balaban J connectivity index is 1.59. The molecule has 0 aliphatic rings. The number of nitrogens with one attached hydrogen (secondary N) is 2. The van der Waals surface area contributed by atoms with Crippen molar-refractivity contribution in [3.05, 3.63) is 73.1 Å². The molecule has 0 radical (unpaired) electrons. The highest BCUT2D eigenvalue weighted by Gasteiger charge is 2.15. The molecular formula is C19H18N6O2S. The summed E-state index contributed by atoms with van der Waals surface area (Å²) in [6.45, 7) is 4.26. The molecule has 0 fully saturated rings. The lowest BCUT2D eigenvalue weighted by Gasteiger charge is -2.09. The second kappa shape index (κ2) is 9.47. The SMILES string of the molecule is C=CCn1c(SCC(=O)NNC(=O)c2ccccc2)nnc1-c1ccncc1. The standard InChI is InChI=1S/C19H18N6O2S/c1-2-12-25-17(14-8-10-20-11-9-14)22-24-19(25)28-13-16(26)21-23-18(27)15-6-4-3-5-7-15/h2-11H,1,12-13H2,(H,21,26)(H,23,27). The smallest absolute Gasteiger partial charge is 0.269 e. The highest BCUT2D eigenvalue weighted by molar-refractivity contribution is 7.99. The van der Waals surface area contributed by atoms with Crippen LogP contribution in [-0.4, -0.2) is 37.3 Å². The van der Waals surface area contributed by atoms with E-state index >= 15 is 0 Å². The van der Waals surface area contributed by atoms with Crippen molar-refractivity contribution in [2.45, 2.75) is 11.7 Å². The third-order valence-electron chi connectivity index (χ3n) is 3.65. The van der Waals surface area contributed by atoms with E-state index in [1.807, 2.05) is 22.8 Å². The number of pyridine rings is 1. The summed E-state index contributed by atoms with van der Waals surface area (Å²) in [5.41, 5.74) is 6.12. The first-order valence-electron chi connectivity index (χ1n) is 8.40. The van der Waals surface area contributed by atoms with Crippen LogP contribution in [0.5, 0.6) is 0 Å². The van der Waals surface area contributed by atoms with Crippen LogP contribution in [0, 0.1) is 0 Å². The van der Waals surface area contributed by atoms with E-state index in [1.165, 1.54) is 11.8 Å². The van der Waals surface area contributed by atoms with Crippen molar-refractivity contribution in [2.24, 2.45) is 0 Å². The topological polar surface area (TPSA) is 102 Å². The monoisotopic (exact) mass is 394 g/mol. The number of hydrazine groups is 1. The molecular weight excluding hydrogens is 376 g/mol. The minimum absolute atomic E-state index is 0.0701. The van der Waals surface area contributed by atoms with E-state index < -0.39 is 0 Å². The van der Waals surface area contributed by atoms with Gasteiger partial charge in [-0.15, -0.1) is 16.8 Å². The molecule has 0 unspecified atom stereocenters. The molecule has 2 amide bonds. The number of nitrogens with zero attached hydrogens (tertiary/aromatic N) is 4. The van der Waals surface area contributed by atoms with Gasteiger partial charge in [0.25, 0.3) is 5.91 Å². The molecule has 0 aliphatic carbocycles. The number of thioether (sulfide) groups is 1. The second-order valence-corrected chi connectivity index (χ2v) is 6.54. The van der Waals surface area contributed by atoms with E-state index in [9.17, 15) is 9.59 Å². The highest BCUT2D eigenvalue weighted by Crippen LogP contribution is 2.23. The molecule has 28 heavy (non-hydrogen) atoms. The first-order valence-corrected chi connectivity index (χ1v) is 9.39. The van der Waals surface area contributed by atoms with E-state index in [-0.39, 0.29) is 17.6 Å². The third kappa shape index (κ3) is 4.83. The minimum atomic E-state index is -0.381. The Labute approximate surface area is 166 Å². The summed E-state index contributed by atoms with van der Waals surface area (Å²) >= 11 is 1.22. The van der Waals surface area contributed by atoms with E-state index in [1.54, 1.807) is 42.7 Å². The van der Waals surface area contributed by atoms with Gasteiger partial charge in [0.05, 0.1) is 5.75 Å². The summed E-state index contributed by atoms with van der Waals surface area (Å²) in [4.78, 5) is 28.0. The average molecular weight is 394 g/mol. The zero-order valence-corrected chi connectivity index (χ0v) is 15.7. The predicted octanol–water partition coefficient (Wildman–Crippen LogP) is 2.08. The Hall–Kier alpha value is -3.46. The maximum atomic E-state index is 12.1. The number of hydrogen-bond acceptors (Lipinski definition) is 6. The number of benzene rings is 1. The molecule has 9 heteroatoms. The van der Waals surface area contributed by atoms with Crippen molar-refractivity contribution < 1.29 is 9.59 Å². The van der Waals surface area contributed by atoms with Crippen LogP contribution in [0.2, 0.25) is 0 Å². The van der Waals surface area contributed by atoms with Gasteiger partial charge in [-0.1, -0.05) is 36.0 Å². The van der Waals surface area contributed by atoms with Gasteiger partial charge in [-0.3, -0.25) is 30.0 Å². The van der Waals surface area contributed by atoms with E-state index in [2.05, 4.69) is 32.6 Å². The van der Waals surface area contributed by atoms with Gasteiger partial charge >= 0.3 is 0 Å². The number of carbonyl (C=O) groups excluding carboxylic acids is 2. The van der Waals surface area contributed by atoms with Crippen molar-refractivity contribution in [3.63, 3.8) is 0 Å². The van der Waals surface area contributed by atoms with Crippen LogP contribution in [0.15, 0.2) is 72.7 Å². The Morgan fingerprint density at radius 1 is 1.07 bits per heavy atom. The normalized spacial score (nSPS) is 10.3. The zero-order valence-electron chi connectivity index (χ0n) is 14.9. The lowest BCUT2D eigenvalue weighted by Crippen LogP contribution is -2.42. The van der Waals surface area contributed by atoms with Gasteiger partial charge < -0.3 is 0 Å². The average Bonchev–Trinajstić information content (AvgIpc) is 3.14. The molecule has 3 rings (SSSR count). The van der Waals surface area contributed by atoms with Gasteiger partial charge in [0.2, 0.25) is 5.91 Å². The zero-order chi connectivity index (χ0) is 19.8. The summed E-state index contributed by atoms with van der Waals surface area (Å²) in [5, 5.41) is 8.96. The van der Waals surface area contributed by atoms with E-state index in [0.29, 0.717) is 23.1 Å². The van der Waals surface area contributed by atoms with Crippen LogP contribution in [0.4, 0.5) is 0 Å². The number of hydrogen-bond donors (Lipinski definition) is 2. The Kier molecular flexibility index (Phi) is 6.53. The van der Waals surface area contributed by atoms with Gasteiger partial charge in [-0.25, -0.2) is 0 Å². The van der Waals surface area contributed by atoms with Crippen LogP contribution in [0.3, 0.4) is 0 Å². The molecule has 0 aliphatic heterocycles. The number of rotatable bonds is 7. The van der Waals surface area contributed by atoms with Crippen LogP contribution in [-0.2, 0) is 11.3 Å². The fourth-order valence-electron chi connectivity index (χ4n) is 2.36. The molecule has 1 aromatic carbocycles. The molecule has 142 valence electrons. The van der Waals surface area contributed by atoms with Gasteiger partial charge in [0, 0.05) is 30.1 Å². The van der Waals surface area contributed by atoms with Crippen molar-refractivity contribution in [3.8, 4) is 11.4 Å². The molecule has 2 aromatic heterocycles. The quantitative estimate of drug-likeness (QED) is 0.361. The summed E-state index contributed by atoms with van der Waals surface area (Å²) in [6.07, 6.45) is 5.09. The number of aromatic nitrogens is 4. The Bertz CT molecular complexity index is 959. The molecule has 0 atom stereocenters. The fourth-order valence-corrected chi connectivity index (χ4v) is 3.11. The molecule has 8 nitrogen and oxygen atoms in total. The number of allylic oxidation sites excluding steroid dienone is 1. The summed E-state index contributed by atoms with van der Waals surface area (Å²) in [7, 11) is 0. The van der Waals surface area contributed by atoms with Gasteiger partial charge in [0.1, 0.15) is 0 Å². The number of amides is 2. The second-order valence-electron chi connectivity index (χ2n) is 5.60. The van der Waals surface area contributed by atoms with Crippen LogP contribution < -0.4 is 10.9 Å². The van der Waals surface area contributed by atoms with Gasteiger partial charge in [0.15, 0.2) is 11.0 Å². The van der Waals surface area contributed by atoms with Gasteiger partial charge in [-0.05, 0) is 24.3 Å². The maximum absolute atomic E-state index is 12.1. The predicted molar refractivity (Wildman–Crippen MR) is 106 cm³/mol. The molecule has 2 heterocycles. The largest absolute Gasteiger partial charge is 0.298 e. The minimum Gasteiger partial charge on any atom is -0.298 e. The van der Waals surface area contributed by atoms with Crippen molar-refractivity contribution in [1.29, 1.82) is 0 Å². The molecule has 0 spiro atoms. The molecule has 3 aromatic rings. The number of carbonyl (C=O) groups is 2. The lowest BCUT2D eigenvalue weighted by atomic mass is 10.2. The molecule has 0 bridgehead atoms. The lowest BCUT2D eigenvalue weighted by molar-refractivity contribution is -0.119. The first-order chi connectivity index (χ1) is 13.7. The van der Waals surface area contributed by atoms with E-state index in [0.717, 1.165) is 5.56 Å². The summed E-state index contributed by atoms with van der Waals surface area (Å²) < 4.78 is 1.86. The highest BCUT2D eigenvalue weighted by atomic mass is 32.2. The van der Waals surface area contributed by atoms with Crippen molar-refractivity contribution in [1.82, 2.24) is 30.6 Å². The van der Waals surface area contributed by atoms with Crippen molar-refractivity contribution in [2.75, 3.05) is 5.75 Å². The van der Waals surface area contributed by atoms with Crippen LogP contribution >= 0.6 is 11.8 Å². The third-order valence-corrected chi connectivity index (χ3v) is 4.62. The van der Waals surface area contributed by atoms with Crippen molar-refractivity contribution >= 4 is 23.6 Å². The summed E-state index contributed by atoms with van der Waals surface area (Å²) in [6, 6.07) is 12.3. The Morgan fingerprint density at radius 2 is 1.82 bits per heavy atom. The Morgan fingerprint density at radius 3 is 2.54 bits per heavy atom. The molecule has 0 saturated heterocycles. The molecule has 0 saturated carbocycles. The fraction of sp³-hybridized carbons (Fsp3) is 0.105. The summed E-state index contributed by atoms with van der Waals surface area (Å²) in [5.74, 6) is 0.00460. The maximum Gasteiger partial charge on any atom is 0.269 e. The van der Waals surface area contributed by atoms with E-state index in [4.69, 9.17) is 0 Å². The van der Waals surface area contributed by atoms with Crippen LogP contribution in [0.25, 0.3) is 11.4 Å². The first kappa shape index (κ1) is 19.3.